The van der Waals surface area contributed by atoms with Gasteiger partial charge in [-0.2, -0.15) is 4.98 Å². The van der Waals surface area contributed by atoms with Crippen LogP contribution >= 0.6 is 11.8 Å². The van der Waals surface area contributed by atoms with Gasteiger partial charge in [-0.3, -0.25) is 0 Å². The number of nitrogens with zero attached hydrogens (tertiary/aromatic N) is 2. The molecule has 0 spiro atoms. The molecular formula is C16H22N4O4S2. The van der Waals surface area contributed by atoms with Gasteiger partial charge in [0.05, 0.1) is 22.8 Å². The fourth-order valence-electron chi connectivity index (χ4n) is 2.85. The summed E-state index contributed by atoms with van der Waals surface area (Å²) in [6.45, 7) is 0.473. The maximum absolute atomic E-state index is 11.2. The number of benzene rings is 1. The van der Waals surface area contributed by atoms with Crippen molar-refractivity contribution in [3.05, 3.63) is 36.0 Å². The van der Waals surface area contributed by atoms with E-state index in [1.54, 1.807) is 23.9 Å². The van der Waals surface area contributed by atoms with E-state index in [0.717, 1.165) is 31.4 Å². The first-order valence-corrected chi connectivity index (χ1v) is 11.0. The van der Waals surface area contributed by atoms with Crippen molar-refractivity contribution in [2.45, 2.75) is 41.9 Å². The van der Waals surface area contributed by atoms with Gasteiger partial charge in [-0.05, 0) is 37.1 Å². The lowest BCUT2D eigenvalue weighted by molar-refractivity contribution is 0.343. The summed E-state index contributed by atoms with van der Waals surface area (Å²) in [5, 5.41) is 9.08. The molecule has 10 heteroatoms. The van der Waals surface area contributed by atoms with Crippen LogP contribution in [0.2, 0.25) is 0 Å². The third kappa shape index (κ3) is 4.76. The van der Waals surface area contributed by atoms with E-state index in [2.05, 4.69) is 10.1 Å². The van der Waals surface area contributed by atoms with Gasteiger partial charge in [0.2, 0.25) is 15.9 Å². The van der Waals surface area contributed by atoms with E-state index < -0.39 is 15.6 Å². The van der Waals surface area contributed by atoms with Crippen molar-refractivity contribution in [3.63, 3.8) is 0 Å². The van der Waals surface area contributed by atoms with Crippen LogP contribution in [0.1, 0.15) is 37.4 Å². The molecule has 1 heterocycles. The van der Waals surface area contributed by atoms with Crippen molar-refractivity contribution in [2.75, 3.05) is 12.4 Å². The predicted molar refractivity (Wildman–Crippen MR) is 98.1 cm³/mol. The zero-order chi connectivity index (χ0) is 18.6. The van der Waals surface area contributed by atoms with E-state index in [0.29, 0.717) is 29.8 Å². The third-order valence-electron chi connectivity index (χ3n) is 4.28. The van der Waals surface area contributed by atoms with Crippen LogP contribution in [-0.4, -0.2) is 30.9 Å². The van der Waals surface area contributed by atoms with Crippen molar-refractivity contribution in [1.29, 1.82) is 0 Å². The van der Waals surface area contributed by atoms with E-state index in [-0.39, 0.29) is 4.90 Å². The minimum atomic E-state index is -3.68. The molecule has 1 saturated carbocycles. The normalized spacial score (nSPS) is 16.7. The molecule has 3 rings (SSSR count). The van der Waals surface area contributed by atoms with E-state index in [1.807, 2.05) is 0 Å². The number of hydrogen-bond acceptors (Lipinski definition) is 8. The maximum Gasteiger partial charge on any atom is 0.238 e. The summed E-state index contributed by atoms with van der Waals surface area (Å²) in [6.07, 6.45) is 4.00. The van der Waals surface area contributed by atoms with Gasteiger partial charge in [0.15, 0.2) is 5.82 Å². The summed E-state index contributed by atoms with van der Waals surface area (Å²) in [6, 6.07) is 6.00. The summed E-state index contributed by atoms with van der Waals surface area (Å²) in [7, 11) is -3.68. The SMILES string of the molecule is NC1(c2noc(CSCCOc3ccc(S(N)(=O)=O)cc3)n2)CCCC1. The van der Waals surface area contributed by atoms with Crippen LogP contribution in [0.3, 0.4) is 0 Å². The molecule has 1 aliphatic rings. The number of nitrogens with two attached hydrogens (primary N) is 2. The molecule has 0 saturated heterocycles. The Hall–Kier alpha value is -1.62. The van der Waals surface area contributed by atoms with Crippen molar-refractivity contribution >= 4 is 21.8 Å². The molecule has 0 atom stereocenters. The number of primary sulfonamides is 1. The lowest BCUT2D eigenvalue weighted by Crippen LogP contribution is -2.34. The van der Waals surface area contributed by atoms with Crippen molar-refractivity contribution in [3.8, 4) is 5.75 Å². The Balaban J connectivity index is 1.40. The van der Waals surface area contributed by atoms with Gasteiger partial charge < -0.3 is 15.0 Å². The van der Waals surface area contributed by atoms with Crippen molar-refractivity contribution in [1.82, 2.24) is 10.1 Å². The minimum Gasteiger partial charge on any atom is -0.493 e. The monoisotopic (exact) mass is 398 g/mol. The van der Waals surface area contributed by atoms with Crippen molar-refractivity contribution < 1.29 is 17.7 Å². The van der Waals surface area contributed by atoms with Gasteiger partial charge in [-0.25, -0.2) is 13.6 Å². The average Bonchev–Trinajstić information content (AvgIpc) is 3.24. The van der Waals surface area contributed by atoms with Crippen LogP contribution in [0.15, 0.2) is 33.7 Å². The molecule has 1 fully saturated rings. The molecule has 8 nitrogen and oxygen atoms in total. The van der Waals surface area contributed by atoms with Gasteiger partial charge >= 0.3 is 0 Å². The lowest BCUT2D eigenvalue weighted by atomic mass is 9.99. The number of rotatable bonds is 8. The fraction of sp³-hybridized carbons (Fsp3) is 0.500. The molecule has 0 aliphatic heterocycles. The first-order valence-electron chi connectivity index (χ1n) is 8.32. The van der Waals surface area contributed by atoms with E-state index >= 15 is 0 Å². The van der Waals surface area contributed by atoms with Gasteiger partial charge in [-0.1, -0.05) is 18.0 Å². The molecule has 142 valence electrons. The highest BCUT2D eigenvalue weighted by molar-refractivity contribution is 7.98. The smallest absolute Gasteiger partial charge is 0.238 e. The van der Waals surface area contributed by atoms with Gasteiger partial charge in [-0.15, -0.1) is 11.8 Å². The highest BCUT2D eigenvalue weighted by atomic mass is 32.2. The highest BCUT2D eigenvalue weighted by Crippen LogP contribution is 2.34. The Morgan fingerprint density at radius 2 is 1.92 bits per heavy atom. The molecule has 0 bridgehead atoms. The van der Waals surface area contributed by atoms with Crippen LogP contribution in [0, 0.1) is 0 Å². The minimum absolute atomic E-state index is 0.0614. The maximum atomic E-state index is 11.2. The second kappa shape index (κ2) is 7.95. The van der Waals surface area contributed by atoms with Crippen LogP contribution in [0.4, 0.5) is 0 Å². The fourth-order valence-corrected chi connectivity index (χ4v) is 4.00. The topological polar surface area (TPSA) is 134 Å². The number of thioether (sulfide) groups is 1. The molecule has 2 aromatic rings. The van der Waals surface area contributed by atoms with Crippen LogP contribution in [0.5, 0.6) is 5.75 Å². The van der Waals surface area contributed by atoms with Crippen LogP contribution in [0.25, 0.3) is 0 Å². The number of ether oxygens (including phenoxy) is 1. The Morgan fingerprint density at radius 3 is 2.58 bits per heavy atom. The average molecular weight is 399 g/mol. The van der Waals surface area contributed by atoms with Gasteiger partial charge in [0.1, 0.15) is 5.75 Å². The van der Waals surface area contributed by atoms with Crippen molar-refractivity contribution in [2.24, 2.45) is 10.9 Å². The molecule has 1 aliphatic carbocycles. The molecule has 1 aromatic carbocycles. The Kier molecular flexibility index (Phi) is 5.86. The van der Waals surface area contributed by atoms with E-state index in [1.165, 1.54) is 12.1 Å². The van der Waals surface area contributed by atoms with Gasteiger partial charge in [0, 0.05) is 5.75 Å². The lowest BCUT2D eigenvalue weighted by Gasteiger charge is -2.17. The first kappa shape index (κ1) is 19.2. The Labute approximate surface area is 156 Å². The standard InChI is InChI=1S/C16H22N4O4S2/c17-16(7-1-2-8-16)15-19-14(24-20-15)11-25-10-9-23-12-3-5-13(6-4-12)26(18,21)22/h3-6H,1-2,7-11,17H2,(H2,18,21,22). The van der Waals surface area contributed by atoms with Crippen LogP contribution < -0.4 is 15.6 Å². The summed E-state index contributed by atoms with van der Waals surface area (Å²) in [5.41, 5.74) is 5.88. The Morgan fingerprint density at radius 1 is 1.23 bits per heavy atom. The van der Waals surface area contributed by atoms with Gasteiger partial charge in [0.25, 0.3) is 0 Å². The zero-order valence-corrected chi connectivity index (χ0v) is 15.9. The van der Waals surface area contributed by atoms with E-state index in [9.17, 15) is 8.42 Å². The molecule has 26 heavy (non-hydrogen) atoms. The summed E-state index contributed by atoms with van der Waals surface area (Å²) in [5.74, 6) is 3.08. The number of hydrogen-bond donors (Lipinski definition) is 2. The molecule has 0 amide bonds. The number of sulfonamides is 1. The molecule has 4 N–H and O–H groups in total. The predicted octanol–water partition coefficient (Wildman–Crippen LogP) is 1.76. The largest absolute Gasteiger partial charge is 0.493 e. The number of aromatic nitrogens is 2. The molecule has 1 aromatic heterocycles. The summed E-state index contributed by atoms with van der Waals surface area (Å²) >= 11 is 1.61. The second-order valence-electron chi connectivity index (χ2n) is 6.29. The third-order valence-corrected chi connectivity index (χ3v) is 6.12. The molecular weight excluding hydrogens is 376 g/mol. The molecule has 0 radical (unpaired) electrons. The second-order valence-corrected chi connectivity index (χ2v) is 8.96. The zero-order valence-electron chi connectivity index (χ0n) is 14.3. The molecule has 0 unspecified atom stereocenters. The highest BCUT2D eigenvalue weighted by Gasteiger charge is 2.35. The Bertz CT molecular complexity index is 830. The summed E-state index contributed by atoms with van der Waals surface area (Å²) in [4.78, 5) is 4.48. The summed E-state index contributed by atoms with van der Waals surface area (Å²) < 4.78 is 33.2. The first-order chi connectivity index (χ1) is 12.4. The van der Waals surface area contributed by atoms with E-state index in [4.69, 9.17) is 20.1 Å². The van der Waals surface area contributed by atoms with Crippen LogP contribution in [-0.2, 0) is 21.3 Å². The quantitative estimate of drug-likeness (QED) is 0.642.